The van der Waals surface area contributed by atoms with E-state index in [-0.39, 0.29) is 17.2 Å². The van der Waals surface area contributed by atoms with Crippen molar-refractivity contribution in [1.82, 2.24) is 19.7 Å². The number of aliphatic carboxylic acids is 1. The van der Waals surface area contributed by atoms with Crippen LogP contribution >= 0.6 is 0 Å². The summed E-state index contributed by atoms with van der Waals surface area (Å²) in [6.07, 6.45) is 0.821. The molecule has 0 spiro atoms. The van der Waals surface area contributed by atoms with E-state index >= 15 is 0 Å². The summed E-state index contributed by atoms with van der Waals surface area (Å²) in [5.41, 5.74) is 0.707. The zero-order valence-corrected chi connectivity index (χ0v) is 20.5. The largest absolute Gasteiger partial charge is 0.481 e. The van der Waals surface area contributed by atoms with E-state index in [1.54, 1.807) is 30.3 Å². The van der Waals surface area contributed by atoms with Crippen molar-refractivity contribution in [3.8, 4) is 16.9 Å². The van der Waals surface area contributed by atoms with E-state index in [1.165, 1.54) is 30.7 Å². The van der Waals surface area contributed by atoms with E-state index in [9.17, 15) is 27.9 Å². The van der Waals surface area contributed by atoms with Gasteiger partial charge < -0.3 is 15.3 Å². The maximum Gasteiger partial charge on any atom is 0.433 e. The number of halogens is 3. The third-order valence-corrected chi connectivity index (χ3v) is 6.44. The number of rotatable bonds is 6. The highest BCUT2D eigenvalue weighted by Gasteiger charge is 2.36. The highest BCUT2D eigenvalue weighted by molar-refractivity contribution is 6.04. The zero-order chi connectivity index (χ0) is 27.6. The number of carboxylic acid groups (broad SMARTS) is 1. The Bertz CT molecular complexity index is 1490. The zero-order valence-electron chi connectivity index (χ0n) is 20.5. The lowest BCUT2D eigenvalue weighted by atomic mass is 9.97. The number of pyridine rings is 2. The van der Waals surface area contributed by atoms with Crippen LogP contribution in [0, 0.1) is 5.92 Å². The van der Waals surface area contributed by atoms with E-state index in [0.717, 1.165) is 22.9 Å². The van der Waals surface area contributed by atoms with Gasteiger partial charge in [-0.3, -0.25) is 14.6 Å². The number of amides is 1. The number of aromatic nitrogens is 4. The Morgan fingerprint density at radius 3 is 2.56 bits per heavy atom. The lowest BCUT2D eigenvalue weighted by Crippen LogP contribution is -2.38. The van der Waals surface area contributed by atoms with Crippen LogP contribution in [0.5, 0.6) is 0 Å². The molecule has 3 aromatic heterocycles. The molecule has 1 aliphatic heterocycles. The Balaban J connectivity index is 1.33. The summed E-state index contributed by atoms with van der Waals surface area (Å²) in [5, 5.41) is 16.1. The molecule has 200 valence electrons. The van der Waals surface area contributed by atoms with Crippen LogP contribution in [-0.4, -0.2) is 49.8 Å². The van der Waals surface area contributed by atoms with Crippen LogP contribution in [0.25, 0.3) is 16.9 Å². The summed E-state index contributed by atoms with van der Waals surface area (Å²) in [4.78, 5) is 34.3. The van der Waals surface area contributed by atoms with Crippen LogP contribution in [0.1, 0.15) is 28.9 Å². The number of carbonyl (C=O) groups excluding carboxylic acids is 1. The van der Waals surface area contributed by atoms with E-state index in [4.69, 9.17) is 0 Å². The first-order chi connectivity index (χ1) is 18.7. The molecule has 1 saturated heterocycles. The summed E-state index contributed by atoms with van der Waals surface area (Å²) in [5.74, 6) is -1.62. The SMILES string of the molecule is O=C(Nc1ccc(-n2nc(-c3cccnc3)cc2C(F)(F)F)cn1)c1cccc(N2CCCC(C(=O)O)C2)c1. The third kappa shape index (κ3) is 5.74. The number of nitrogens with one attached hydrogen (secondary N) is 1. The first-order valence-corrected chi connectivity index (χ1v) is 12.1. The van der Waals surface area contributed by atoms with Crippen molar-refractivity contribution in [2.24, 2.45) is 5.92 Å². The summed E-state index contributed by atoms with van der Waals surface area (Å²) in [7, 11) is 0. The minimum absolute atomic E-state index is 0.0653. The van der Waals surface area contributed by atoms with Gasteiger partial charge in [-0.2, -0.15) is 18.3 Å². The fourth-order valence-corrected chi connectivity index (χ4v) is 4.47. The van der Waals surface area contributed by atoms with E-state index in [1.807, 2.05) is 11.0 Å². The number of hydrogen-bond acceptors (Lipinski definition) is 6. The van der Waals surface area contributed by atoms with Crippen LogP contribution in [0.4, 0.5) is 24.7 Å². The molecule has 0 radical (unpaired) electrons. The van der Waals surface area contributed by atoms with Crippen molar-refractivity contribution in [3.63, 3.8) is 0 Å². The quantitative estimate of drug-likeness (QED) is 0.360. The van der Waals surface area contributed by atoms with Crippen molar-refractivity contribution in [1.29, 1.82) is 0 Å². The summed E-state index contributed by atoms with van der Waals surface area (Å²) >= 11 is 0. The Morgan fingerprint density at radius 2 is 1.87 bits per heavy atom. The molecule has 0 saturated carbocycles. The predicted octanol–water partition coefficient (Wildman–Crippen LogP) is 4.90. The number of hydrogen-bond donors (Lipinski definition) is 2. The van der Waals surface area contributed by atoms with Crippen molar-refractivity contribution in [2.75, 3.05) is 23.3 Å². The number of carbonyl (C=O) groups is 2. The number of anilines is 2. The van der Waals surface area contributed by atoms with E-state index < -0.39 is 29.7 Å². The maximum atomic E-state index is 13.7. The van der Waals surface area contributed by atoms with Crippen LogP contribution < -0.4 is 10.2 Å². The average molecular weight is 537 g/mol. The van der Waals surface area contributed by atoms with Crippen LogP contribution in [0.2, 0.25) is 0 Å². The second-order valence-corrected chi connectivity index (χ2v) is 9.10. The van der Waals surface area contributed by atoms with Gasteiger partial charge in [-0.15, -0.1) is 0 Å². The normalized spacial score (nSPS) is 15.7. The van der Waals surface area contributed by atoms with Crippen LogP contribution in [-0.2, 0) is 11.0 Å². The molecule has 4 aromatic rings. The predicted molar refractivity (Wildman–Crippen MR) is 137 cm³/mol. The molecule has 39 heavy (non-hydrogen) atoms. The molecule has 9 nitrogen and oxygen atoms in total. The fourth-order valence-electron chi connectivity index (χ4n) is 4.47. The van der Waals surface area contributed by atoms with Gasteiger partial charge in [0.1, 0.15) is 11.5 Å². The third-order valence-electron chi connectivity index (χ3n) is 6.44. The minimum atomic E-state index is -4.66. The molecular weight excluding hydrogens is 513 g/mol. The van der Waals surface area contributed by atoms with Gasteiger partial charge in [0.15, 0.2) is 0 Å². The van der Waals surface area contributed by atoms with E-state index in [2.05, 4.69) is 20.4 Å². The average Bonchev–Trinajstić information content (AvgIpc) is 3.41. The van der Waals surface area contributed by atoms with Gasteiger partial charge in [-0.05, 0) is 61.4 Å². The second kappa shape index (κ2) is 10.6. The van der Waals surface area contributed by atoms with Gasteiger partial charge in [0.2, 0.25) is 0 Å². The fraction of sp³-hybridized carbons (Fsp3) is 0.222. The number of carboxylic acids is 1. The first kappa shape index (κ1) is 25.9. The van der Waals surface area contributed by atoms with Crippen molar-refractivity contribution < 1.29 is 27.9 Å². The van der Waals surface area contributed by atoms with Gasteiger partial charge in [0.25, 0.3) is 5.91 Å². The monoisotopic (exact) mass is 536 g/mol. The molecule has 1 unspecified atom stereocenters. The number of benzene rings is 1. The molecule has 1 aliphatic rings. The van der Waals surface area contributed by atoms with Gasteiger partial charge in [0, 0.05) is 42.3 Å². The Labute approximate surface area is 220 Å². The lowest BCUT2D eigenvalue weighted by Gasteiger charge is -2.32. The molecule has 0 aliphatic carbocycles. The molecule has 12 heteroatoms. The smallest absolute Gasteiger partial charge is 0.433 e. The highest BCUT2D eigenvalue weighted by atomic mass is 19.4. The van der Waals surface area contributed by atoms with Gasteiger partial charge >= 0.3 is 12.1 Å². The second-order valence-electron chi connectivity index (χ2n) is 9.10. The number of piperidine rings is 1. The van der Waals surface area contributed by atoms with Crippen LogP contribution in [0.15, 0.2) is 73.2 Å². The van der Waals surface area contributed by atoms with Crippen molar-refractivity contribution in [2.45, 2.75) is 19.0 Å². The lowest BCUT2D eigenvalue weighted by molar-refractivity contribution is -0.143. The number of nitrogens with zero attached hydrogens (tertiary/aromatic N) is 5. The summed E-state index contributed by atoms with van der Waals surface area (Å²) in [6, 6.07) is 13.8. The topological polar surface area (TPSA) is 113 Å². The first-order valence-electron chi connectivity index (χ1n) is 12.1. The summed E-state index contributed by atoms with van der Waals surface area (Å²) in [6.45, 7) is 1.05. The Morgan fingerprint density at radius 1 is 1.03 bits per heavy atom. The standard InChI is InChI=1S/C27H23F3N6O3/c28-27(29,30)23-13-22(18-5-2-10-31-14-18)34-36(23)21-8-9-24(32-15-21)33-25(37)17-4-1-7-20(12-17)35-11-3-6-19(16-35)26(38)39/h1-2,4-5,7-10,12-15,19H,3,6,11,16H2,(H,38,39)(H,32,33,37). The Hall–Kier alpha value is -4.74. The summed E-state index contributed by atoms with van der Waals surface area (Å²) < 4.78 is 42.0. The molecule has 1 amide bonds. The highest BCUT2D eigenvalue weighted by Crippen LogP contribution is 2.34. The molecule has 4 heterocycles. The Kier molecular flexibility index (Phi) is 7.01. The molecular formula is C27H23F3N6O3. The molecule has 1 fully saturated rings. The van der Waals surface area contributed by atoms with Crippen molar-refractivity contribution in [3.05, 3.63) is 84.4 Å². The van der Waals surface area contributed by atoms with Crippen molar-refractivity contribution >= 4 is 23.4 Å². The van der Waals surface area contributed by atoms with Gasteiger partial charge in [-0.25, -0.2) is 9.67 Å². The van der Waals surface area contributed by atoms with Crippen LogP contribution in [0.3, 0.4) is 0 Å². The molecule has 1 atom stereocenters. The minimum Gasteiger partial charge on any atom is -0.481 e. The molecule has 2 N–H and O–H groups in total. The van der Waals surface area contributed by atoms with Gasteiger partial charge in [0.05, 0.1) is 23.5 Å². The molecule has 0 bridgehead atoms. The number of alkyl halides is 3. The molecule has 5 rings (SSSR count). The maximum absolute atomic E-state index is 13.7. The van der Waals surface area contributed by atoms with Gasteiger partial charge in [-0.1, -0.05) is 6.07 Å². The molecule has 1 aromatic carbocycles. The van der Waals surface area contributed by atoms with E-state index in [0.29, 0.717) is 30.6 Å².